The minimum absolute atomic E-state index is 0.0549. The Morgan fingerprint density at radius 1 is 1.05 bits per heavy atom. The van der Waals surface area contributed by atoms with Crippen molar-refractivity contribution in [1.29, 1.82) is 0 Å². The van der Waals surface area contributed by atoms with Gasteiger partial charge in [-0.15, -0.1) is 5.10 Å². The first-order valence-electron chi connectivity index (χ1n) is 14.3. The zero-order valence-electron chi connectivity index (χ0n) is 24.6. The number of ether oxygens (including phenoxy) is 3. The number of hydrogen-bond acceptors (Lipinski definition) is 9. The average molecular weight is 577 g/mol. The van der Waals surface area contributed by atoms with Crippen molar-refractivity contribution in [2.45, 2.75) is 77.7 Å². The number of rotatable bonds is 14. The van der Waals surface area contributed by atoms with Crippen molar-refractivity contribution in [1.82, 2.24) is 14.8 Å². The van der Waals surface area contributed by atoms with Crippen LogP contribution in [-0.2, 0) is 28.8 Å². The van der Waals surface area contributed by atoms with Crippen molar-refractivity contribution in [3.05, 3.63) is 0 Å². The topological polar surface area (TPSA) is 101 Å². The fourth-order valence-electron chi connectivity index (χ4n) is 4.53. The molecular weight excluding hydrogens is 524 g/mol. The second-order valence-corrected chi connectivity index (χ2v) is 19.7. The number of nitrogens with zero attached hydrogens (tertiary/aromatic N) is 4. The maximum Gasteiger partial charge on any atom is 0.311 e. The van der Waals surface area contributed by atoms with Crippen molar-refractivity contribution in [2.75, 3.05) is 71.2 Å². The summed E-state index contributed by atoms with van der Waals surface area (Å²) in [5, 5.41) is 6.96. The van der Waals surface area contributed by atoms with E-state index in [1.807, 2.05) is 11.9 Å². The van der Waals surface area contributed by atoms with Gasteiger partial charge in [0.05, 0.1) is 12.4 Å². The molecule has 12 heteroatoms. The number of carbonyl (C=O) groups excluding carboxylic acids is 1. The van der Waals surface area contributed by atoms with Crippen LogP contribution >= 0.6 is 0 Å². The average Bonchev–Trinajstić information content (AvgIpc) is 2.83. The van der Waals surface area contributed by atoms with Crippen molar-refractivity contribution in [3.63, 3.8) is 0 Å². The lowest BCUT2D eigenvalue weighted by Gasteiger charge is -2.35. The predicted molar refractivity (Wildman–Crippen MR) is 155 cm³/mol. The zero-order chi connectivity index (χ0) is 28.2. The monoisotopic (exact) mass is 576 g/mol. The zero-order valence-corrected chi connectivity index (χ0v) is 26.4. The summed E-state index contributed by atoms with van der Waals surface area (Å²) < 4.78 is 40.8. The van der Waals surface area contributed by atoms with E-state index in [1.54, 1.807) is 0 Å². The molecule has 0 aromatic rings. The molecule has 0 spiro atoms. The lowest BCUT2D eigenvalue weighted by molar-refractivity contribution is -0.144. The molecule has 0 atom stereocenters. The van der Waals surface area contributed by atoms with Crippen LogP contribution in [0.5, 0.6) is 0 Å². The van der Waals surface area contributed by atoms with E-state index in [-0.39, 0.29) is 17.8 Å². The van der Waals surface area contributed by atoms with Crippen LogP contribution in [0.15, 0.2) is 5.10 Å². The molecule has 1 saturated heterocycles. The molecule has 0 aromatic heterocycles. The second kappa shape index (κ2) is 16.0. The van der Waals surface area contributed by atoms with Gasteiger partial charge >= 0.3 is 12.0 Å². The molecule has 0 radical (unpaired) electrons. The Hall–Kier alpha value is -1.37. The molecule has 0 bridgehead atoms. The van der Waals surface area contributed by atoms with Crippen molar-refractivity contribution in [2.24, 2.45) is 11.0 Å². The van der Waals surface area contributed by atoms with Crippen LogP contribution in [0.25, 0.3) is 0 Å². The molecule has 2 aliphatic rings. The number of amidine groups is 1. The van der Waals surface area contributed by atoms with Gasteiger partial charge in [-0.25, -0.2) is 8.42 Å². The fraction of sp³-hybridized carbons (Fsp3) is 0.923. The summed E-state index contributed by atoms with van der Waals surface area (Å²) in [4.78, 5) is 16.1. The van der Waals surface area contributed by atoms with E-state index in [0.717, 1.165) is 71.1 Å². The lowest BCUT2D eigenvalue weighted by Crippen LogP contribution is -2.47. The maximum atomic E-state index is 11.9. The van der Waals surface area contributed by atoms with E-state index in [4.69, 9.17) is 19.3 Å². The number of hydrogen-bond donors (Lipinski definition) is 0. The smallest absolute Gasteiger partial charge is 0.311 e. The van der Waals surface area contributed by atoms with E-state index >= 15 is 0 Å². The molecule has 0 aromatic carbocycles. The Labute approximate surface area is 232 Å². The number of piperazine rings is 1. The Balaban J connectivity index is 1.99. The molecule has 0 unspecified atom stereocenters. The van der Waals surface area contributed by atoms with Crippen LogP contribution in [0.4, 0.5) is 0 Å². The van der Waals surface area contributed by atoms with E-state index in [1.165, 1.54) is 6.26 Å². The third-order valence-corrected chi connectivity index (χ3v) is 9.70. The van der Waals surface area contributed by atoms with Crippen LogP contribution in [0.1, 0.15) is 46.0 Å². The van der Waals surface area contributed by atoms with E-state index in [9.17, 15) is 13.2 Å². The van der Waals surface area contributed by atoms with E-state index < -0.39 is 17.9 Å². The molecule has 1 saturated carbocycles. The summed E-state index contributed by atoms with van der Waals surface area (Å²) in [5.74, 6) is 0.422. The van der Waals surface area contributed by atoms with Crippen LogP contribution in [0, 0.1) is 5.92 Å². The number of carbonyl (C=O) groups is 1. The maximum absolute atomic E-state index is 11.9. The number of esters is 1. The van der Waals surface area contributed by atoms with Crippen LogP contribution in [0.2, 0.25) is 25.7 Å². The van der Waals surface area contributed by atoms with Gasteiger partial charge in [-0.2, -0.15) is 0 Å². The van der Waals surface area contributed by atoms with E-state index in [2.05, 4.69) is 36.4 Å². The van der Waals surface area contributed by atoms with Crippen molar-refractivity contribution < 1.29 is 27.4 Å². The van der Waals surface area contributed by atoms with Crippen molar-refractivity contribution in [3.8, 4) is 0 Å². The predicted octanol–water partition coefficient (Wildman–Crippen LogP) is 3.08. The van der Waals surface area contributed by atoms with Gasteiger partial charge in [0, 0.05) is 66.6 Å². The molecule has 10 nitrogen and oxygen atoms in total. The van der Waals surface area contributed by atoms with Gasteiger partial charge in [-0.3, -0.25) is 14.7 Å². The van der Waals surface area contributed by atoms with E-state index in [0.29, 0.717) is 38.2 Å². The highest BCUT2D eigenvalue weighted by atomic mass is 32.2. The summed E-state index contributed by atoms with van der Waals surface area (Å²) in [7, 11) is -4.14. The fourth-order valence-corrected chi connectivity index (χ4v) is 5.88. The van der Waals surface area contributed by atoms with Gasteiger partial charge in [0.25, 0.3) is 0 Å². The Kier molecular flexibility index (Phi) is 13.8. The van der Waals surface area contributed by atoms with Gasteiger partial charge < -0.3 is 19.1 Å². The Morgan fingerprint density at radius 3 is 2.26 bits per heavy atom. The van der Waals surface area contributed by atoms with Gasteiger partial charge in [-0.05, 0) is 51.5 Å². The highest BCUT2D eigenvalue weighted by Gasteiger charge is 2.28. The van der Waals surface area contributed by atoms with Gasteiger partial charge in [0.15, 0.2) is 0 Å². The van der Waals surface area contributed by atoms with Gasteiger partial charge in [-0.1, -0.05) is 19.6 Å². The van der Waals surface area contributed by atoms with Crippen LogP contribution in [-0.4, -0.2) is 121 Å². The van der Waals surface area contributed by atoms with Crippen molar-refractivity contribution >= 4 is 29.9 Å². The molecule has 38 heavy (non-hydrogen) atoms. The lowest BCUT2D eigenvalue weighted by atomic mass is 9.85. The summed E-state index contributed by atoms with van der Waals surface area (Å²) in [6.45, 7) is 16.8. The quantitative estimate of drug-likeness (QED) is 0.0771. The molecular formula is C26H52N4O6SSi. The normalized spacial score (nSPS) is 21.8. The van der Waals surface area contributed by atoms with Crippen LogP contribution < -0.4 is 0 Å². The number of hydrazone groups is 1. The second-order valence-electron chi connectivity index (χ2n) is 11.8. The summed E-state index contributed by atoms with van der Waals surface area (Å²) >= 11 is 0. The molecule has 1 aliphatic heterocycles. The Morgan fingerprint density at radius 2 is 1.71 bits per heavy atom. The first-order valence-corrected chi connectivity index (χ1v) is 20.0. The molecule has 1 aliphatic carbocycles. The molecule has 2 fully saturated rings. The molecule has 1 heterocycles. The first kappa shape index (κ1) is 32.8. The third-order valence-electron chi connectivity index (χ3n) is 7.08. The molecule has 222 valence electrons. The largest absolute Gasteiger partial charge is 0.466 e. The van der Waals surface area contributed by atoms with Gasteiger partial charge in [0.2, 0.25) is 0 Å². The standard InChI is InChI=1S/C26H52N4O6SSi/c1-7-29(22-34-18-20-38(4,5)6)26(27-30-15-13-28(14-16-30)17-19-37(3,32)33)36-24-11-9-23(10-12-24)21-25(31)35-8-2/h23-24H,7-22H2,1-6H3. The summed E-state index contributed by atoms with van der Waals surface area (Å²) in [5.41, 5.74) is 0. The highest BCUT2D eigenvalue weighted by molar-refractivity contribution is 7.90. The summed E-state index contributed by atoms with van der Waals surface area (Å²) in [6, 6.07) is 1.71. The van der Waals surface area contributed by atoms with Gasteiger partial charge in [0.1, 0.15) is 22.7 Å². The minimum atomic E-state index is -2.97. The number of sulfone groups is 1. The highest BCUT2D eigenvalue weighted by Crippen LogP contribution is 2.29. The first-order chi connectivity index (χ1) is 17.9. The molecule has 0 amide bonds. The third kappa shape index (κ3) is 13.6. The molecule has 0 N–H and O–H groups in total. The minimum Gasteiger partial charge on any atom is -0.466 e. The SMILES string of the molecule is CCOC(=O)CC1CCC(OC(=NN2CCN(CCS(C)(=O)=O)CC2)N(CC)COCC[Si](C)(C)C)CC1. The Bertz CT molecular complexity index is 835. The molecule has 2 rings (SSSR count). The summed E-state index contributed by atoms with van der Waals surface area (Å²) in [6.07, 6.45) is 5.47. The van der Waals surface area contributed by atoms with Crippen LogP contribution in [0.3, 0.4) is 0 Å².